The Morgan fingerprint density at radius 3 is 2.85 bits per heavy atom. The summed E-state index contributed by atoms with van der Waals surface area (Å²) >= 11 is 0. The summed E-state index contributed by atoms with van der Waals surface area (Å²) in [5.74, 6) is 0.931. The van der Waals surface area contributed by atoms with Crippen LogP contribution < -0.4 is 5.32 Å². The Balaban J connectivity index is 2.39. The maximum Gasteiger partial charge on any atom is 0.506 e. The molecule has 4 nitrogen and oxygen atoms in total. The molecule has 0 bridgehead atoms. The van der Waals surface area contributed by atoms with Gasteiger partial charge in [-0.25, -0.2) is 4.79 Å². The molecule has 0 saturated carbocycles. The van der Waals surface area contributed by atoms with Crippen molar-refractivity contribution < 1.29 is 14.6 Å². The van der Waals surface area contributed by atoms with Crippen LogP contribution in [0.15, 0.2) is 0 Å². The second-order valence-corrected chi connectivity index (χ2v) is 3.97. The zero-order chi connectivity index (χ0) is 9.84. The van der Waals surface area contributed by atoms with Crippen molar-refractivity contribution in [3.63, 3.8) is 0 Å². The van der Waals surface area contributed by atoms with Gasteiger partial charge in [0.2, 0.25) is 0 Å². The Morgan fingerprint density at radius 2 is 2.31 bits per heavy atom. The molecule has 0 spiro atoms. The molecule has 1 aliphatic heterocycles. The van der Waals surface area contributed by atoms with E-state index in [2.05, 4.69) is 19.2 Å². The second-order valence-electron chi connectivity index (χ2n) is 3.97. The van der Waals surface area contributed by atoms with E-state index in [0.717, 1.165) is 13.0 Å². The van der Waals surface area contributed by atoms with Crippen molar-refractivity contribution >= 4 is 6.16 Å². The van der Waals surface area contributed by atoms with E-state index < -0.39 is 6.16 Å². The molecule has 0 aromatic carbocycles. The highest BCUT2D eigenvalue weighted by atomic mass is 16.7. The maximum absolute atomic E-state index is 10.3. The molecular weight excluding hydrogens is 170 g/mol. The molecular formula is C9H17NO3. The van der Waals surface area contributed by atoms with Crippen molar-refractivity contribution in [1.29, 1.82) is 0 Å². The molecule has 2 atom stereocenters. The third-order valence-corrected chi connectivity index (χ3v) is 2.30. The molecule has 1 saturated heterocycles. The predicted octanol–water partition coefficient (Wildman–Crippen LogP) is 1.32. The SMILES string of the molecule is CC(C)C[C@H]1CNC[C@@H]1OC(=O)O. The van der Waals surface area contributed by atoms with Crippen molar-refractivity contribution in [2.75, 3.05) is 13.1 Å². The fourth-order valence-corrected chi connectivity index (χ4v) is 1.82. The molecule has 0 aromatic rings. The number of carboxylic acid groups (broad SMARTS) is 1. The maximum atomic E-state index is 10.3. The van der Waals surface area contributed by atoms with E-state index in [0.29, 0.717) is 18.4 Å². The topological polar surface area (TPSA) is 58.6 Å². The number of ether oxygens (including phenoxy) is 1. The Hall–Kier alpha value is -0.770. The van der Waals surface area contributed by atoms with Crippen molar-refractivity contribution in [2.45, 2.75) is 26.4 Å². The van der Waals surface area contributed by atoms with Crippen LogP contribution in [-0.2, 0) is 4.74 Å². The summed E-state index contributed by atoms with van der Waals surface area (Å²) in [5, 5.41) is 11.6. The summed E-state index contributed by atoms with van der Waals surface area (Å²) < 4.78 is 4.78. The van der Waals surface area contributed by atoms with Gasteiger partial charge in [0, 0.05) is 19.0 Å². The van der Waals surface area contributed by atoms with E-state index in [4.69, 9.17) is 9.84 Å². The van der Waals surface area contributed by atoms with Gasteiger partial charge in [0.25, 0.3) is 0 Å². The molecule has 13 heavy (non-hydrogen) atoms. The van der Waals surface area contributed by atoms with Gasteiger partial charge in [0.1, 0.15) is 6.10 Å². The molecule has 76 valence electrons. The highest BCUT2D eigenvalue weighted by Gasteiger charge is 2.30. The Morgan fingerprint density at radius 1 is 1.62 bits per heavy atom. The van der Waals surface area contributed by atoms with Crippen molar-refractivity contribution in [3.8, 4) is 0 Å². The van der Waals surface area contributed by atoms with Crippen LogP contribution in [0.25, 0.3) is 0 Å². The third kappa shape index (κ3) is 3.22. The van der Waals surface area contributed by atoms with Crippen LogP contribution in [0.3, 0.4) is 0 Å². The van der Waals surface area contributed by atoms with Gasteiger partial charge in [-0.1, -0.05) is 13.8 Å². The quantitative estimate of drug-likeness (QED) is 0.654. The number of hydrogen-bond donors (Lipinski definition) is 2. The van der Waals surface area contributed by atoms with Gasteiger partial charge in [-0.3, -0.25) is 0 Å². The Bertz CT molecular complexity index is 182. The zero-order valence-electron chi connectivity index (χ0n) is 8.12. The minimum absolute atomic E-state index is 0.153. The molecule has 1 rings (SSSR count). The predicted molar refractivity (Wildman–Crippen MR) is 48.7 cm³/mol. The van der Waals surface area contributed by atoms with Gasteiger partial charge in [-0.05, 0) is 12.3 Å². The minimum Gasteiger partial charge on any atom is -0.450 e. The smallest absolute Gasteiger partial charge is 0.450 e. The Labute approximate surface area is 78.3 Å². The van der Waals surface area contributed by atoms with E-state index in [9.17, 15) is 4.79 Å². The fraction of sp³-hybridized carbons (Fsp3) is 0.889. The normalized spacial score (nSPS) is 27.9. The number of nitrogens with one attached hydrogen (secondary N) is 1. The standard InChI is InChI=1S/C9H17NO3/c1-6(2)3-7-4-10-5-8(7)13-9(11)12/h6-8,10H,3-5H2,1-2H3,(H,11,12)/t7-,8-/m0/s1. The van der Waals surface area contributed by atoms with Gasteiger partial charge in [0.15, 0.2) is 0 Å². The summed E-state index contributed by atoms with van der Waals surface area (Å²) in [4.78, 5) is 10.3. The van der Waals surface area contributed by atoms with Crippen LogP contribution in [0, 0.1) is 11.8 Å². The van der Waals surface area contributed by atoms with Crippen LogP contribution in [0.1, 0.15) is 20.3 Å². The average Bonchev–Trinajstić information content (AvgIpc) is 2.34. The first-order valence-corrected chi connectivity index (χ1v) is 4.70. The summed E-state index contributed by atoms with van der Waals surface area (Å²) in [6.45, 7) is 5.80. The van der Waals surface area contributed by atoms with E-state index in [1.807, 2.05) is 0 Å². The minimum atomic E-state index is -1.16. The first-order chi connectivity index (χ1) is 6.09. The summed E-state index contributed by atoms with van der Waals surface area (Å²) in [5.41, 5.74) is 0. The van der Waals surface area contributed by atoms with Crippen molar-refractivity contribution in [3.05, 3.63) is 0 Å². The van der Waals surface area contributed by atoms with Gasteiger partial charge in [-0.15, -0.1) is 0 Å². The van der Waals surface area contributed by atoms with Gasteiger partial charge in [0.05, 0.1) is 0 Å². The zero-order valence-corrected chi connectivity index (χ0v) is 8.12. The summed E-state index contributed by atoms with van der Waals surface area (Å²) in [7, 11) is 0. The summed E-state index contributed by atoms with van der Waals surface area (Å²) in [6.07, 6.45) is -0.298. The van der Waals surface area contributed by atoms with E-state index in [1.54, 1.807) is 0 Å². The number of hydrogen-bond acceptors (Lipinski definition) is 3. The molecule has 0 unspecified atom stereocenters. The molecule has 0 aromatic heterocycles. The molecule has 4 heteroatoms. The molecule has 1 heterocycles. The highest BCUT2D eigenvalue weighted by Crippen LogP contribution is 2.21. The second kappa shape index (κ2) is 4.46. The lowest BCUT2D eigenvalue weighted by Crippen LogP contribution is -2.26. The number of carbonyl (C=O) groups is 1. The van der Waals surface area contributed by atoms with E-state index in [1.165, 1.54) is 0 Å². The molecule has 0 aliphatic carbocycles. The van der Waals surface area contributed by atoms with Crippen LogP contribution in [-0.4, -0.2) is 30.5 Å². The molecule has 0 amide bonds. The lowest BCUT2D eigenvalue weighted by atomic mass is 9.94. The summed E-state index contributed by atoms with van der Waals surface area (Å²) in [6, 6.07) is 0. The largest absolute Gasteiger partial charge is 0.506 e. The van der Waals surface area contributed by atoms with E-state index >= 15 is 0 Å². The first kappa shape index (κ1) is 10.3. The Kier molecular flexibility index (Phi) is 3.54. The molecule has 1 fully saturated rings. The van der Waals surface area contributed by atoms with Gasteiger partial charge in [-0.2, -0.15) is 0 Å². The van der Waals surface area contributed by atoms with Crippen LogP contribution in [0.5, 0.6) is 0 Å². The number of rotatable bonds is 3. The third-order valence-electron chi connectivity index (χ3n) is 2.30. The van der Waals surface area contributed by atoms with Crippen LogP contribution in [0.2, 0.25) is 0 Å². The van der Waals surface area contributed by atoms with Crippen molar-refractivity contribution in [2.24, 2.45) is 11.8 Å². The molecule has 1 aliphatic rings. The lowest BCUT2D eigenvalue weighted by molar-refractivity contribution is 0.0383. The van der Waals surface area contributed by atoms with E-state index in [-0.39, 0.29) is 6.10 Å². The van der Waals surface area contributed by atoms with Crippen LogP contribution in [0.4, 0.5) is 4.79 Å². The fourth-order valence-electron chi connectivity index (χ4n) is 1.82. The highest BCUT2D eigenvalue weighted by molar-refractivity contribution is 5.57. The monoisotopic (exact) mass is 187 g/mol. The average molecular weight is 187 g/mol. The van der Waals surface area contributed by atoms with Gasteiger partial charge >= 0.3 is 6.16 Å². The lowest BCUT2D eigenvalue weighted by Gasteiger charge is -2.18. The van der Waals surface area contributed by atoms with Crippen LogP contribution >= 0.6 is 0 Å². The molecule has 0 radical (unpaired) electrons. The van der Waals surface area contributed by atoms with Gasteiger partial charge < -0.3 is 15.2 Å². The van der Waals surface area contributed by atoms with Crippen molar-refractivity contribution in [1.82, 2.24) is 5.32 Å². The molecule has 2 N–H and O–H groups in total. The first-order valence-electron chi connectivity index (χ1n) is 4.70.